The molecule has 0 amide bonds. The summed E-state index contributed by atoms with van der Waals surface area (Å²) in [5.74, 6) is 2.12. The Hall–Kier alpha value is -2.42. The van der Waals surface area contributed by atoms with E-state index >= 15 is 0 Å². The van der Waals surface area contributed by atoms with E-state index in [9.17, 15) is 0 Å². The third kappa shape index (κ3) is 2.25. The highest BCUT2D eigenvalue weighted by Crippen LogP contribution is 2.35. The van der Waals surface area contributed by atoms with Gasteiger partial charge in [-0.15, -0.1) is 0 Å². The summed E-state index contributed by atoms with van der Waals surface area (Å²) in [5, 5.41) is 7.55. The van der Waals surface area contributed by atoms with Crippen LogP contribution in [-0.2, 0) is 6.42 Å². The second kappa shape index (κ2) is 5.17. The van der Waals surface area contributed by atoms with Gasteiger partial charge in [0, 0.05) is 11.5 Å². The number of aromatic amines is 1. The summed E-state index contributed by atoms with van der Waals surface area (Å²) < 4.78 is 0. The van der Waals surface area contributed by atoms with Gasteiger partial charge in [-0.3, -0.25) is 5.10 Å². The molecule has 3 heteroatoms. The van der Waals surface area contributed by atoms with Gasteiger partial charge in [0.15, 0.2) is 5.82 Å². The van der Waals surface area contributed by atoms with E-state index < -0.39 is 0 Å². The standard InChI is InChI=1S/C18H17N3/c1-2-8-14(9-3-1)17-19-18(21-20-17)16-12-6-10-13-7-4-5-11-15(13)16/h1-5,7-9,11,16H,6,10,12H2,(H,19,20,21). The summed E-state index contributed by atoms with van der Waals surface area (Å²) in [6.45, 7) is 0. The first kappa shape index (κ1) is 12.3. The van der Waals surface area contributed by atoms with Crippen LogP contribution in [0.1, 0.15) is 35.7 Å². The van der Waals surface area contributed by atoms with Gasteiger partial charge < -0.3 is 0 Å². The number of rotatable bonds is 2. The Morgan fingerprint density at radius 2 is 1.76 bits per heavy atom. The Morgan fingerprint density at radius 3 is 2.67 bits per heavy atom. The number of fused-ring (bicyclic) bond motifs is 1. The number of nitrogens with zero attached hydrogens (tertiary/aromatic N) is 2. The van der Waals surface area contributed by atoms with Crippen LogP contribution < -0.4 is 0 Å². The van der Waals surface area contributed by atoms with Gasteiger partial charge >= 0.3 is 0 Å². The van der Waals surface area contributed by atoms with Crippen LogP contribution in [-0.4, -0.2) is 15.2 Å². The minimum absolute atomic E-state index is 0.347. The van der Waals surface area contributed by atoms with Crippen molar-refractivity contribution in [3.63, 3.8) is 0 Å². The third-order valence-corrected chi connectivity index (χ3v) is 4.23. The Kier molecular flexibility index (Phi) is 3.03. The van der Waals surface area contributed by atoms with Gasteiger partial charge in [-0.2, -0.15) is 5.10 Å². The number of aromatic nitrogens is 3. The molecule has 1 aliphatic rings. The van der Waals surface area contributed by atoms with E-state index in [0.29, 0.717) is 5.92 Å². The second-order valence-electron chi connectivity index (χ2n) is 5.55. The Bertz CT molecular complexity index is 746. The van der Waals surface area contributed by atoms with Gasteiger partial charge in [-0.1, -0.05) is 54.6 Å². The van der Waals surface area contributed by atoms with Crippen LogP contribution in [0.15, 0.2) is 54.6 Å². The maximum absolute atomic E-state index is 4.74. The first-order valence-corrected chi connectivity index (χ1v) is 7.47. The molecule has 0 spiro atoms. The van der Waals surface area contributed by atoms with Gasteiger partial charge in [-0.05, 0) is 30.4 Å². The van der Waals surface area contributed by atoms with Gasteiger partial charge in [0.25, 0.3) is 0 Å². The normalized spacial score (nSPS) is 17.4. The Balaban J connectivity index is 1.71. The van der Waals surface area contributed by atoms with E-state index in [1.165, 1.54) is 24.0 Å². The highest BCUT2D eigenvalue weighted by Gasteiger charge is 2.24. The lowest BCUT2D eigenvalue weighted by atomic mass is 9.82. The maximum atomic E-state index is 4.74. The monoisotopic (exact) mass is 275 g/mol. The molecule has 3 nitrogen and oxygen atoms in total. The molecule has 4 rings (SSSR count). The molecule has 0 aliphatic heterocycles. The number of aryl methyl sites for hydroxylation is 1. The molecule has 0 saturated carbocycles. The summed E-state index contributed by atoms with van der Waals surface area (Å²) in [6, 6.07) is 18.8. The number of H-pyrrole nitrogens is 1. The van der Waals surface area contributed by atoms with Crippen molar-refractivity contribution in [3.05, 3.63) is 71.5 Å². The van der Waals surface area contributed by atoms with Crippen LogP contribution in [0.3, 0.4) is 0 Å². The first-order valence-electron chi connectivity index (χ1n) is 7.47. The minimum atomic E-state index is 0.347. The lowest BCUT2D eigenvalue weighted by molar-refractivity contribution is 0.592. The van der Waals surface area contributed by atoms with Gasteiger partial charge in [-0.25, -0.2) is 4.98 Å². The number of benzene rings is 2. The van der Waals surface area contributed by atoms with E-state index in [0.717, 1.165) is 23.6 Å². The Morgan fingerprint density at radius 1 is 0.952 bits per heavy atom. The lowest BCUT2D eigenvalue weighted by Gasteiger charge is -2.23. The van der Waals surface area contributed by atoms with Gasteiger partial charge in [0.05, 0.1) is 0 Å². The molecule has 1 aromatic heterocycles. The molecule has 1 heterocycles. The fourth-order valence-electron chi connectivity index (χ4n) is 3.18. The topological polar surface area (TPSA) is 41.6 Å². The van der Waals surface area contributed by atoms with E-state index in [2.05, 4.69) is 34.5 Å². The zero-order valence-electron chi connectivity index (χ0n) is 11.8. The zero-order valence-corrected chi connectivity index (χ0v) is 11.8. The summed E-state index contributed by atoms with van der Waals surface area (Å²) in [5.41, 5.74) is 3.91. The predicted octanol–water partition coefficient (Wildman–Crippen LogP) is 3.94. The molecular weight excluding hydrogens is 258 g/mol. The van der Waals surface area contributed by atoms with Crippen molar-refractivity contribution >= 4 is 0 Å². The van der Waals surface area contributed by atoms with Gasteiger partial charge in [0.1, 0.15) is 5.82 Å². The van der Waals surface area contributed by atoms with Crippen molar-refractivity contribution in [3.8, 4) is 11.4 Å². The van der Waals surface area contributed by atoms with Crippen molar-refractivity contribution in [2.75, 3.05) is 0 Å². The number of nitrogens with one attached hydrogen (secondary N) is 1. The van der Waals surface area contributed by atoms with Gasteiger partial charge in [0.2, 0.25) is 0 Å². The third-order valence-electron chi connectivity index (χ3n) is 4.23. The van der Waals surface area contributed by atoms with E-state index in [-0.39, 0.29) is 0 Å². The molecule has 1 N–H and O–H groups in total. The fraction of sp³-hybridized carbons (Fsp3) is 0.222. The highest BCUT2D eigenvalue weighted by atomic mass is 15.2. The van der Waals surface area contributed by atoms with E-state index in [1.807, 2.05) is 30.3 Å². The van der Waals surface area contributed by atoms with Crippen LogP contribution in [0.2, 0.25) is 0 Å². The average Bonchev–Trinajstić information content (AvgIpc) is 3.05. The second-order valence-corrected chi connectivity index (χ2v) is 5.55. The first-order chi connectivity index (χ1) is 10.4. The van der Waals surface area contributed by atoms with Crippen LogP contribution in [0.4, 0.5) is 0 Å². The SMILES string of the molecule is c1ccc(-c2n[nH]c(C3CCCc4ccccc43)n2)cc1. The number of hydrogen-bond acceptors (Lipinski definition) is 2. The largest absolute Gasteiger partial charge is 0.262 e. The quantitative estimate of drug-likeness (QED) is 0.769. The molecule has 0 fully saturated rings. The zero-order chi connectivity index (χ0) is 14.1. The predicted molar refractivity (Wildman–Crippen MR) is 83.0 cm³/mol. The molecular formula is C18H17N3. The molecule has 0 radical (unpaired) electrons. The number of hydrogen-bond donors (Lipinski definition) is 1. The summed E-state index contributed by atoms with van der Waals surface area (Å²) in [7, 11) is 0. The molecule has 104 valence electrons. The molecule has 1 unspecified atom stereocenters. The maximum Gasteiger partial charge on any atom is 0.181 e. The lowest BCUT2D eigenvalue weighted by Crippen LogP contribution is -2.12. The van der Waals surface area contributed by atoms with Crippen LogP contribution >= 0.6 is 0 Å². The van der Waals surface area contributed by atoms with Crippen LogP contribution in [0.5, 0.6) is 0 Å². The van der Waals surface area contributed by atoms with Crippen LogP contribution in [0, 0.1) is 0 Å². The summed E-state index contributed by atoms with van der Waals surface area (Å²) in [4.78, 5) is 4.74. The van der Waals surface area contributed by atoms with Crippen molar-refractivity contribution in [2.24, 2.45) is 0 Å². The van der Waals surface area contributed by atoms with E-state index in [1.54, 1.807) is 0 Å². The summed E-state index contributed by atoms with van der Waals surface area (Å²) >= 11 is 0. The average molecular weight is 275 g/mol. The minimum Gasteiger partial charge on any atom is -0.262 e. The molecule has 1 aliphatic carbocycles. The van der Waals surface area contributed by atoms with E-state index in [4.69, 9.17) is 4.98 Å². The summed E-state index contributed by atoms with van der Waals surface area (Å²) in [6.07, 6.45) is 3.52. The molecule has 3 aromatic rings. The highest BCUT2D eigenvalue weighted by molar-refractivity contribution is 5.54. The molecule has 21 heavy (non-hydrogen) atoms. The van der Waals surface area contributed by atoms with Crippen molar-refractivity contribution in [1.82, 2.24) is 15.2 Å². The fourth-order valence-corrected chi connectivity index (χ4v) is 3.18. The Labute approximate surface area is 124 Å². The van der Waals surface area contributed by atoms with Crippen molar-refractivity contribution in [2.45, 2.75) is 25.2 Å². The van der Waals surface area contributed by atoms with Crippen molar-refractivity contribution < 1.29 is 0 Å². The molecule has 0 bridgehead atoms. The smallest absolute Gasteiger partial charge is 0.181 e. The molecule has 2 aromatic carbocycles. The van der Waals surface area contributed by atoms with Crippen molar-refractivity contribution in [1.29, 1.82) is 0 Å². The molecule has 1 atom stereocenters. The molecule has 0 saturated heterocycles. The van der Waals surface area contributed by atoms with Crippen LogP contribution in [0.25, 0.3) is 11.4 Å².